The van der Waals surface area contributed by atoms with Crippen LogP contribution in [0.5, 0.6) is 0 Å². The van der Waals surface area contributed by atoms with E-state index in [4.69, 9.17) is 0 Å². The molecule has 0 aliphatic carbocycles. The van der Waals surface area contributed by atoms with Gasteiger partial charge in [0.2, 0.25) is 0 Å². The van der Waals surface area contributed by atoms with Crippen LogP contribution in [0.15, 0.2) is 22.7 Å². The molecule has 0 radical (unpaired) electrons. The molecule has 0 spiro atoms. The molecule has 2 rings (SSSR count). The van der Waals surface area contributed by atoms with E-state index in [0.29, 0.717) is 18.6 Å². The summed E-state index contributed by atoms with van der Waals surface area (Å²) in [6.07, 6.45) is 0. The molecule has 1 N–H and O–H groups in total. The minimum absolute atomic E-state index is 0. The topological polar surface area (TPSA) is 15.3 Å². The standard InChI is InChI=1S/C13H18BrFN2.ClH/c1-9-6-17(7-10(2)16-9)8-11-3-4-12(14)5-13(11)15;/h3-5,9-10,16H,6-8H2,1-2H3;1H. The number of nitrogens with one attached hydrogen (secondary N) is 1. The Morgan fingerprint density at radius 1 is 1.33 bits per heavy atom. The van der Waals surface area contributed by atoms with Crippen LogP contribution in [0.3, 0.4) is 0 Å². The zero-order chi connectivity index (χ0) is 12.4. The maximum absolute atomic E-state index is 13.7. The third kappa shape index (κ3) is 4.19. The van der Waals surface area contributed by atoms with Crippen LogP contribution in [-0.2, 0) is 6.54 Å². The lowest BCUT2D eigenvalue weighted by atomic mass is 10.1. The fourth-order valence-corrected chi connectivity index (χ4v) is 2.79. The highest BCUT2D eigenvalue weighted by Gasteiger charge is 2.21. The Bertz CT molecular complexity index is 393. The maximum atomic E-state index is 13.7. The predicted octanol–water partition coefficient (Wildman–Crippen LogP) is 3.19. The molecule has 1 fully saturated rings. The second-order valence-corrected chi connectivity index (χ2v) is 5.81. The molecule has 2 atom stereocenters. The Labute approximate surface area is 122 Å². The van der Waals surface area contributed by atoms with Gasteiger partial charge in [0.1, 0.15) is 5.82 Å². The predicted molar refractivity (Wildman–Crippen MR) is 78.7 cm³/mol. The van der Waals surface area contributed by atoms with E-state index in [0.717, 1.165) is 23.1 Å². The van der Waals surface area contributed by atoms with Gasteiger partial charge in [-0.1, -0.05) is 22.0 Å². The van der Waals surface area contributed by atoms with Crippen LogP contribution in [0.25, 0.3) is 0 Å². The Morgan fingerprint density at radius 3 is 2.50 bits per heavy atom. The molecule has 5 heteroatoms. The van der Waals surface area contributed by atoms with Gasteiger partial charge in [0.05, 0.1) is 0 Å². The molecule has 1 aliphatic rings. The number of hydrogen-bond donors (Lipinski definition) is 1. The molecule has 1 heterocycles. The first-order valence-electron chi connectivity index (χ1n) is 5.97. The zero-order valence-corrected chi connectivity index (χ0v) is 13.0. The number of halogens is 3. The van der Waals surface area contributed by atoms with Gasteiger partial charge in [0.15, 0.2) is 0 Å². The van der Waals surface area contributed by atoms with Crippen molar-refractivity contribution >= 4 is 28.3 Å². The summed E-state index contributed by atoms with van der Waals surface area (Å²) in [4.78, 5) is 2.30. The molecule has 1 aromatic carbocycles. The normalized spacial score (nSPS) is 24.7. The minimum atomic E-state index is -0.127. The van der Waals surface area contributed by atoms with Crippen molar-refractivity contribution in [3.8, 4) is 0 Å². The molecule has 0 amide bonds. The van der Waals surface area contributed by atoms with Crippen molar-refractivity contribution in [1.82, 2.24) is 10.2 Å². The summed E-state index contributed by atoms with van der Waals surface area (Å²) in [5.74, 6) is -0.127. The van der Waals surface area contributed by atoms with Crippen LogP contribution in [0.4, 0.5) is 4.39 Å². The summed E-state index contributed by atoms with van der Waals surface area (Å²) in [6, 6.07) is 6.23. The summed E-state index contributed by atoms with van der Waals surface area (Å²) in [6.45, 7) is 6.97. The lowest BCUT2D eigenvalue weighted by Crippen LogP contribution is -2.53. The molecular formula is C13H19BrClFN2. The van der Waals surface area contributed by atoms with Crippen LogP contribution in [0.1, 0.15) is 19.4 Å². The Morgan fingerprint density at radius 2 is 1.94 bits per heavy atom. The smallest absolute Gasteiger partial charge is 0.128 e. The van der Waals surface area contributed by atoms with E-state index in [9.17, 15) is 4.39 Å². The summed E-state index contributed by atoms with van der Waals surface area (Å²) in [7, 11) is 0. The van der Waals surface area contributed by atoms with E-state index < -0.39 is 0 Å². The Kier molecular flexibility index (Phi) is 6.05. The van der Waals surface area contributed by atoms with Gasteiger partial charge in [-0.15, -0.1) is 12.4 Å². The van der Waals surface area contributed by atoms with E-state index in [-0.39, 0.29) is 18.2 Å². The Balaban J connectivity index is 0.00000162. The second kappa shape index (κ2) is 6.85. The highest BCUT2D eigenvalue weighted by Crippen LogP contribution is 2.18. The second-order valence-electron chi connectivity index (χ2n) is 4.90. The van der Waals surface area contributed by atoms with Crippen molar-refractivity contribution in [3.63, 3.8) is 0 Å². The van der Waals surface area contributed by atoms with Crippen LogP contribution in [0.2, 0.25) is 0 Å². The number of hydrogen-bond acceptors (Lipinski definition) is 2. The van der Waals surface area contributed by atoms with Crippen molar-refractivity contribution < 1.29 is 4.39 Å². The number of nitrogens with zero attached hydrogens (tertiary/aromatic N) is 1. The van der Waals surface area contributed by atoms with Gasteiger partial charge < -0.3 is 5.32 Å². The first-order chi connectivity index (χ1) is 8.04. The summed E-state index contributed by atoms with van der Waals surface area (Å²) < 4.78 is 14.5. The first-order valence-corrected chi connectivity index (χ1v) is 6.76. The SMILES string of the molecule is CC1CN(Cc2ccc(Br)cc2F)CC(C)N1.Cl. The van der Waals surface area contributed by atoms with Crippen molar-refractivity contribution in [3.05, 3.63) is 34.1 Å². The zero-order valence-electron chi connectivity index (χ0n) is 10.6. The molecule has 102 valence electrons. The molecule has 0 aromatic heterocycles. The van der Waals surface area contributed by atoms with Crippen LogP contribution >= 0.6 is 28.3 Å². The van der Waals surface area contributed by atoms with Gasteiger partial charge in [0.25, 0.3) is 0 Å². The van der Waals surface area contributed by atoms with Gasteiger partial charge in [-0.2, -0.15) is 0 Å². The summed E-state index contributed by atoms with van der Waals surface area (Å²) in [5.41, 5.74) is 0.773. The third-order valence-electron chi connectivity index (χ3n) is 3.04. The van der Waals surface area contributed by atoms with Gasteiger partial charge in [-0.05, 0) is 26.0 Å². The molecule has 18 heavy (non-hydrogen) atoms. The minimum Gasteiger partial charge on any atom is -0.309 e. The fourth-order valence-electron chi connectivity index (χ4n) is 2.46. The average molecular weight is 338 g/mol. The number of rotatable bonds is 2. The highest BCUT2D eigenvalue weighted by molar-refractivity contribution is 9.10. The van der Waals surface area contributed by atoms with E-state index in [1.54, 1.807) is 0 Å². The highest BCUT2D eigenvalue weighted by atomic mass is 79.9. The van der Waals surface area contributed by atoms with Gasteiger partial charge >= 0.3 is 0 Å². The summed E-state index contributed by atoms with van der Waals surface area (Å²) >= 11 is 3.28. The first kappa shape index (κ1) is 15.9. The quantitative estimate of drug-likeness (QED) is 0.891. The molecule has 1 aromatic rings. The molecule has 2 unspecified atom stereocenters. The fraction of sp³-hybridized carbons (Fsp3) is 0.538. The van der Waals surface area contributed by atoms with Crippen LogP contribution < -0.4 is 5.32 Å². The van der Waals surface area contributed by atoms with E-state index >= 15 is 0 Å². The third-order valence-corrected chi connectivity index (χ3v) is 3.54. The monoisotopic (exact) mass is 336 g/mol. The van der Waals surface area contributed by atoms with Crippen LogP contribution in [0, 0.1) is 5.82 Å². The molecule has 1 saturated heterocycles. The lowest BCUT2D eigenvalue weighted by Gasteiger charge is -2.36. The van der Waals surface area contributed by atoms with Crippen molar-refractivity contribution in [2.45, 2.75) is 32.5 Å². The van der Waals surface area contributed by atoms with Gasteiger partial charge in [-0.3, -0.25) is 4.90 Å². The molecular weight excluding hydrogens is 319 g/mol. The molecule has 0 bridgehead atoms. The average Bonchev–Trinajstić information content (AvgIpc) is 2.21. The molecule has 0 saturated carbocycles. The Hall–Kier alpha value is -0.160. The molecule has 2 nitrogen and oxygen atoms in total. The van der Waals surface area contributed by atoms with E-state index in [1.165, 1.54) is 6.07 Å². The number of piperazine rings is 1. The van der Waals surface area contributed by atoms with Gasteiger partial charge in [-0.25, -0.2) is 4.39 Å². The maximum Gasteiger partial charge on any atom is 0.128 e. The van der Waals surface area contributed by atoms with Crippen LogP contribution in [-0.4, -0.2) is 30.1 Å². The van der Waals surface area contributed by atoms with E-state index in [2.05, 4.69) is 40.0 Å². The lowest BCUT2D eigenvalue weighted by molar-refractivity contribution is 0.165. The summed E-state index contributed by atoms with van der Waals surface area (Å²) in [5, 5.41) is 3.48. The molecule has 1 aliphatic heterocycles. The number of benzene rings is 1. The van der Waals surface area contributed by atoms with Gasteiger partial charge in [0, 0.05) is 41.8 Å². The van der Waals surface area contributed by atoms with Crippen molar-refractivity contribution in [2.75, 3.05) is 13.1 Å². The van der Waals surface area contributed by atoms with E-state index in [1.807, 2.05) is 12.1 Å². The largest absolute Gasteiger partial charge is 0.309 e. The van der Waals surface area contributed by atoms with Crippen molar-refractivity contribution in [1.29, 1.82) is 0 Å². The van der Waals surface area contributed by atoms with Crippen molar-refractivity contribution in [2.24, 2.45) is 0 Å².